The van der Waals surface area contributed by atoms with E-state index in [9.17, 15) is 4.79 Å². The monoisotopic (exact) mass is 368 g/mol. The summed E-state index contributed by atoms with van der Waals surface area (Å²) in [5, 5.41) is 5.52. The molecule has 5 heteroatoms. The minimum absolute atomic E-state index is 0.202. The number of hydrogen-bond donors (Lipinski definition) is 0. The van der Waals surface area contributed by atoms with Crippen molar-refractivity contribution in [2.45, 2.75) is 46.6 Å². The Morgan fingerprint density at radius 1 is 1.15 bits per heavy atom. The maximum absolute atomic E-state index is 12.9. The number of fused-ring (bicyclic) bond motifs is 1. The van der Waals surface area contributed by atoms with E-state index >= 15 is 0 Å². The highest BCUT2D eigenvalue weighted by molar-refractivity contribution is 5.82. The maximum atomic E-state index is 12.9. The minimum atomic E-state index is 0.202. The van der Waals surface area contributed by atoms with Crippen molar-refractivity contribution in [2.75, 3.05) is 32.7 Å². The van der Waals surface area contributed by atoms with Gasteiger partial charge in [-0.3, -0.25) is 9.48 Å². The van der Waals surface area contributed by atoms with Crippen LogP contribution >= 0.6 is 0 Å². The van der Waals surface area contributed by atoms with Crippen LogP contribution in [0.15, 0.2) is 30.5 Å². The van der Waals surface area contributed by atoms with E-state index in [4.69, 9.17) is 0 Å². The molecule has 1 atom stereocenters. The van der Waals surface area contributed by atoms with E-state index in [1.165, 1.54) is 19.4 Å². The van der Waals surface area contributed by atoms with Gasteiger partial charge in [-0.25, -0.2) is 0 Å². The molecule has 5 nitrogen and oxygen atoms in total. The molecule has 2 aromatic rings. The molecule has 0 aliphatic carbocycles. The number of nitrogens with zero attached hydrogens (tertiary/aromatic N) is 4. The molecule has 27 heavy (non-hydrogen) atoms. The molecule has 0 radical (unpaired) electrons. The molecule has 0 bridgehead atoms. The van der Waals surface area contributed by atoms with E-state index in [0.29, 0.717) is 17.4 Å². The first-order valence-electron chi connectivity index (χ1n) is 10.2. The SMILES string of the molecule is CC(C)(C)CN1CCC[C@@]2(CCN(C(=O)Cn3ncc4ccccc43)C2)C1. The molecule has 3 heterocycles. The highest BCUT2D eigenvalue weighted by Gasteiger charge is 2.43. The summed E-state index contributed by atoms with van der Waals surface area (Å²) in [7, 11) is 0. The van der Waals surface area contributed by atoms with Crippen LogP contribution in [0.4, 0.5) is 0 Å². The molecule has 4 rings (SSSR count). The predicted molar refractivity (Wildman–Crippen MR) is 108 cm³/mol. The zero-order valence-electron chi connectivity index (χ0n) is 16.9. The Morgan fingerprint density at radius 2 is 1.96 bits per heavy atom. The van der Waals surface area contributed by atoms with Crippen LogP contribution in [0.25, 0.3) is 10.9 Å². The molecule has 2 aliphatic heterocycles. The Hall–Kier alpha value is -1.88. The standard InChI is InChI=1S/C22H32N4O/c1-21(2,3)15-24-11-6-9-22(16-24)10-12-25(17-22)20(27)14-26-19-8-5-4-7-18(19)13-23-26/h4-5,7-8,13H,6,9-12,14-17H2,1-3H3/t22-/m1/s1. The Kier molecular flexibility index (Phi) is 4.75. The molecule has 0 unspecified atom stereocenters. The maximum Gasteiger partial charge on any atom is 0.244 e. The summed E-state index contributed by atoms with van der Waals surface area (Å²) in [6.45, 7) is 12.6. The first-order valence-corrected chi connectivity index (χ1v) is 10.2. The number of likely N-dealkylation sites (tertiary alicyclic amines) is 2. The lowest BCUT2D eigenvalue weighted by Crippen LogP contribution is -2.47. The van der Waals surface area contributed by atoms with Crippen molar-refractivity contribution in [1.29, 1.82) is 0 Å². The van der Waals surface area contributed by atoms with Crippen LogP contribution < -0.4 is 0 Å². The molecule has 1 aromatic carbocycles. The highest BCUT2D eigenvalue weighted by atomic mass is 16.2. The fraction of sp³-hybridized carbons (Fsp3) is 0.636. The quantitative estimate of drug-likeness (QED) is 0.834. The summed E-state index contributed by atoms with van der Waals surface area (Å²) < 4.78 is 1.84. The van der Waals surface area contributed by atoms with Crippen molar-refractivity contribution in [3.8, 4) is 0 Å². The topological polar surface area (TPSA) is 41.4 Å². The summed E-state index contributed by atoms with van der Waals surface area (Å²) in [5.74, 6) is 0.202. The van der Waals surface area contributed by atoms with Crippen molar-refractivity contribution < 1.29 is 4.79 Å². The molecule has 2 fully saturated rings. The Balaban J connectivity index is 1.40. The average molecular weight is 369 g/mol. The molecule has 0 saturated carbocycles. The van der Waals surface area contributed by atoms with Gasteiger partial charge >= 0.3 is 0 Å². The number of carbonyl (C=O) groups excluding carboxylic acids is 1. The fourth-order valence-corrected chi connectivity index (χ4v) is 4.98. The van der Waals surface area contributed by atoms with Gasteiger partial charge in [-0.15, -0.1) is 0 Å². The second kappa shape index (κ2) is 6.93. The van der Waals surface area contributed by atoms with Crippen LogP contribution in [0.1, 0.15) is 40.0 Å². The third-order valence-electron chi connectivity index (χ3n) is 6.07. The third kappa shape index (κ3) is 4.03. The number of benzene rings is 1. The lowest BCUT2D eigenvalue weighted by molar-refractivity contribution is -0.131. The molecule has 0 N–H and O–H groups in total. The Labute approximate surface area is 162 Å². The van der Waals surface area contributed by atoms with Crippen LogP contribution in [-0.4, -0.2) is 58.2 Å². The van der Waals surface area contributed by atoms with Crippen molar-refractivity contribution >= 4 is 16.8 Å². The van der Waals surface area contributed by atoms with Crippen LogP contribution in [-0.2, 0) is 11.3 Å². The van der Waals surface area contributed by atoms with E-state index in [1.807, 2.05) is 35.1 Å². The summed E-state index contributed by atoms with van der Waals surface area (Å²) in [6.07, 6.45) is 5.49. The van der Waals surface area contributed by atoms with E-state index < -0.39 is 0 Å². The third-order valence-corrected chi connectivity index (χ3v) is 6.07. The molecular weight excluding hydrogens is 336 g/mol. The van der Waals surface area contributed by atoms with Gasteiger partial charge < -0.3 is 9.80 Å². The molecule has 2 aliphatic rings. The Morgan fingerprint density at radius 3 is 2.78 bits per heavy atom. The highest BCUT2D eigenvalue weighted by Crippen LogP contribution is 2.39. The number of aromatic nitrogens is 2. The van der Waals surface area contributed by atoms with Crippen LogP contribution in [0.5, 0.6) is 0 Å². The van der Waals surface area contributed by atoms with Gasteiger partial charge in [-0.05, 0) is 37.3 Å². The largest absolute Gasteiger partial charge is 0.340 e. The number of amides is 1. The van der Waals surface area contributed by atoms with Crippen LogP contribution in [0, 0.1) is 10.8 Å². The predicted octanol–water partition coefficient (Wildman–Crippen LogP) is 3.40. The van der Waals surface area contributed by atoms with Gasteiger partial charge in [0.1, 0.15) is 6.54 Å². The van der Waals surface area contributed by atoms with E-state index in [1.54, 1.807) is 0 Å². The summed E-state index contributed by atoms with van der Waals surface area (Å²) in [5.41, 5.74) is 1.66. The molecule has 1 spiro atoms. The van der Waals surface area contributed by atoms with E-state index in [-0.39, 0.29) is 5.91 Å². The van der Waals surface area contributed by atoms with Crippen molar-refractivity contribution in [3.63, 3.8) is 0 Å². The Bertz CT molecular complexity index is 821. The summed E-state index contributed by atoms with van der Waals surface area (Å²) in [4.78, 5) is 17.6. The van der Waals surface area contributed by atoms with E-state index in [2.05, 4.69) is 35.7 Å². The second-order valence-corrected chi connectivity index (χ2v) is 9.80. The van der Waals surface area contributed by atoms with Crippen molar-refractivity contribution in [2.24, 2.45) is 10.8 Å². The molecule has 1 aromatic heterocycles. The number of piperidine rings is 1. The van der Waals surface area contributed by atoms with Gasteiger partial charge in [-0.1, -0.05) is 39.0 Å². The number of carbonyl (C=O) groups is 1. The van der Waals surface area contributed by atoms with E-state index in [0.717, 1.165) is 43.5 Å². The first-order chi connectivity index (χ1) is 12.8. The molecule has 146 valence electrons. The smallest absolute Gasteiger partial charge is 0.244 e. The van der Waals surface area contributed by atoms with Crippen LogP contribution in [0.3, 0.4) is 0 Å². The molecule has 2 saturated heterocycles. The van der Waals surface area contributed by atoms with Gasteiger partial charge in [0.25, 0.3) is 0 Å². The number of hydrogen-bond acceptors (Lipinski definition) is 3. The van der Waals surface area contributed by atoms with Gasteiger partial charge in [0.15, 0.2) is 0 Å². The normalized spacial score (nSPS) is 24.2. The zero-order valence-corrected chi connectivity index (χ0v) is 16.9. The van der Waals surface area contributed by atoms with Crippen molar-refractivity contribution in [1.82, 2.24) is 19.6 Å². The van der Waals surface area contributed by atoms with Gasteiger partial charge in [0.05, 0.1) is 11.7 Å². The second-order valence-electron chi connectivity index (χ2n) is 9.80. The average Bonchev–Trinajstić information content (AvgIpc) is 3.19. The van der Waals surface area contributed by atoms with Crippen molar-refractivity contribution in [3.05, 3.63) is 30.5 Å². The number of rotatable bonds is 3. The van der Waals surface area contributed by atoms with Gasteiger partial charge in [-0.2, -0.15) is 5.10 Å². The lowest BCUT2D eigenvalue weighted by Gasteiger charge is -2.42. The zero-order chi connectivity index (χ0) is 19.1. The number of para-hydroxylation sites is 1. The lowest BCUT2D eigenvalue weighted by atomic mass is 9.78. The minimum Gasteiger partial charge on any atom is -0.340 e. The van der Waals surface area contributed by atoms with Gasteiger partial charge in [0, 0.05) is 37.0 Å². The fourth-order valence-electron chi connectivity index (χ4n) is 4.98. The molecular formula is C22H32N4O. The van der Waals surface area contributed by atoms with Gasteiger partial charge in [0.2, 0.25) is 5.91 Å². The summed E-state index contributed by atoms with van der Waals surface area (Å²) in [6, 6.07) is 8.08. The van der Waals surface area contributed by atoms with Crippen LogP contribution in [0.2, 0.25) is 0 Å². The molecule has 1 amide bonds. The first kappa shape index (κ1) is 18.5. The summed E-state index contributed by atoms with van der Waals surface area (Å²) >= 11 is 0.